The van der Waals surface area contributed by atoms with Crippen molar-refractivity contribution in [2.45, 2.75) is 72.3 Å². The van der Waals surface area contributed by atoms with E-state index in [-0.39, 0.29) is 17.5 Å². The first-order chi connectivity index (χ1) is 16.3. The molecule has 0 aliphatic rings. The fourth-order valence-corrected chi connectivity index (χ4v) is 4.45. The van der Waals surface area contributed by atoms with Crippen LogP contribution in [0.5, 0.6) is 0 Å². The molecule has 3 rings (SSSR count). The number of fused-ring (bicyclic) bond motifs is 1. The molecule has 0 aliphatic carbocycles. The van der Waals surface area contributed by atoms with Gasteiger partial charge in [-0.3, -0.25) is 14.2 Å². The standard InChI is InChI=1S/C28H36BrN3O2/c1-5-6-7-8-13-26(33)31(19-18-20(2)3)21(4)27-30-25-12-10-9-11-24(25)28(34)32(27)23-16-14-22(29)15-17-23/h9-12,14-17,20-21H,5-8,13,18-19H2,1-4H3. The Morgan fingerprint density at radius 1 is 1.03 bits per heavy atom. The number of carbonyl (C=O) groups is 1. The van der Waals surface area contributed by atoms with E-state index in [4.69, 9.17) is 4.98 Å². The number of halogens is 1. The van der Waals surface area contributed by atoms with Gasteiger partial charge < -0.3 is 4.90 Å². The number of hydrogen-bond acceptors (Lipinski definition) is 3. The Morgan fingerprint density at radius 3 is 2.41 bits per heavy atom. The summed E-state index contributed by atoms with van der Waals surface area (Å²) in [6.07, 6.45) is 5.67. The molecule has 0 N–H and O–H groups in total. The zero-order chi connectivity index (χ0) is 24.7. The molecule has 0 saturated heterocycles. The molecule has 6 heteroatoms. The zero-order valence-electron chi connectivity index (χ0n) is 20.8. The van der Waals surface area contributed by atoms with Gasteiger partial charge in [-0.25, -0.2) is 4.98 Å². The molecule has 0 aliphatic heterocycles. The van der Waals surface area contributed by atoms with E-state index in [1.807, 2.05) is 60.4 Å². The lowest BCUT2D eigenvalue weighted by molar-refractivity contribution is -0.133. The number of para-hydroxylation sites is 1. The SMILES string of the molecule is CCCCCCC(=O)N(CCC(C)C)C(C)c1nc2ccccc2c(=O)n1-c1ccc(Br)cc1. The molecular formula is C28H36BrN3O2. The number of hydrogen-bond donors (Lipinski definition) is 0. The van der Waals surface area contributed by atoms with Crippen LogP contribution in [0.3, 0.4) is 0 Å². The van der Waals surface area contributed by atoms with Gasteiger partial charge in [0.15, 0.2) is 0 Å². The minimum absolute atomic E-state index is 0.117. The van der Waals surface area contributed by atoms with Gasteiger partial charge in [-0.15, -0.1) is 0 Å². The number of nitrogens with zero attached hydrogens (tertiary/aromatic N) is 3. The quantitative estimate of drug-likeness (QED) is 0.252. The van der Waals surface area contributed by atoms with Crippen LogP contribution in [0.2, 0.25) is 0 Å². The molecule has 34 heavy (non-hydrogen) atoms. The lowest BCUT2D eigenvalue weighted by Gasteiger charge is -2.31. The van der Waals surface area contributed by atoms with Gasteiger partial charge in [-0.2, -0.15) is 0 Å². The third-order valence-electron chi connectivity index (χ3n) is 6.24. The highest BCUT2D eigenvalue weighted by Gasteiger charge is 2.26. The number of rotatable bonds is 11. The Balaban J connectivity index is 2.08. The van der Waals surface area contributed by atoms with Crippen LogP contribution >= 0.6 is 15.9 Å². The van der Waals surface area contributed by atoms with E-state index in [1.54, 1.807) is 4.57 Å². The van der Waals surface area contributed by atoms with Crippen molar-refractivity contribution < 1.29 is 4.79 Å². The smallest absolute Gasteiger partial charge is 0.266 e. The number of amides is 1. The van der Waals surface area contributed by atoms with Crippen molar-refractivity contribution >= 4 is 32.7 Å². The maximum Gasteiger partial charge on any atom is 0.266 e. The van der Waals surface area contributed by atoms with Crippen molar-refractivity contribution in [3.63, 3.8) is 0 Å². The molecule has 2 aromatic carbocycles. The second-order valence-electron chi connectivity index (χ2n) is 9.36. The average molecular weight is 527 g/mol. The summed E-state index contributed by atoms with van der Waals surface area (Å²) >= 11 is 3.48. The molecule has 1 aromatic heterocycles. The minimum Gasteiger partial charge on any atom is -0.333 e. The maximum absolute atomic E-state index is 13.6. The molecule has 0 fully saturated rings. The number of unbranched alkanes of at least 4 members (excludes halogenated alkanes) is 3. The Bertz CT molecular complexity index is 1150. The molecule has 1 unspecified atom stereocenters. The normalized spacial score (nSPS) is 12.3. The lowest BCUT2D eigenvalue weighted by atomic mass is 10.1. The predicted octanol–water partition coefficient (Wildman–Crippen LogP) is 7.05. The van der Waals surface area contributed by atoms with Crippen LogP contribution in [0.15, 0.2) is 57.8 Å². The molecular weight excluding hydrogens is 490 g/mol. The van der Waals surface area contributed by atoms with Crippen molar-refractivity contribution in [1.82, 2.24) is 14.5 Å². The lowest BCUT2D eigenvalue weighted by Crippen LogP contribution is -2.38. The molecule has 3 aromatic rings. The van der Waals surface area contributed by atoms with Gasteiger partial charge in [0.25, 0.3) is 5.56 Å². The van der Waals surface area contributed by atoms with Crippen LogP contribution in [0.1, 0.15) is 78.1 Å². The second kappa shape index (κ2) is 12.3. The summed E-state index contributed by atoms with van der Waals surface area (Å²) in [5, 5.41) is 0.570. The summed E-state index contributed by atoms with van der Waals surface area (Å²) < 4.78 is 2.61. The van der Waals surface area contributed by atoms with Crippen molar-refractivity contribution in [2.24, 2.45) is 5.92 Å². The highest BCUT2D eigenvalue weighted by molar-refractivity contribution is 9.10. The molecule has 5 nitrogen and oxygen atoms in total. The minimum atomic E-state index is -0.335. The Labute approximate surface area is 211 Å². The van der Waals surface area contributed by atoms with E-state index in [0.29, 0.717) is 35.6 Å². The summed E-state index contributed by atoms with van der Waals surface area (Å²) in [6.45, 7) is 9.15. The van der Waals surface area contributed by atoms with E-state index in [2.05, 4.69) is 36.7 Å². The van der Waals surface area contributed by atoms with Gasteiger partial charge in [0, 0.05) is 17.4 Å². The second-order valence-corrected chi connectivity index (χ2v) is 10.3. The van der Waals surface area contributed by atoms with E-state index in [0.717, 1.165) is 42.3 Å². The van der Waals surface area contributed by atoms with Crippen molar-refractivity contribution in [3.8, 4) is 5.69 Å². The van der Waals surface area contributed by atoms with Crippen LogP contribution in [-0.2, 0) is 4.79 Å². The van der Waals surface area contributed by atoms with Crippen LogP contribution < -0.4 is 5.56 Å². The highest BCUT2D eigenvalue weighted by Crippen LogP contribution is 2.25. The number of benzene rings is 2. The summed E-state index contributed by atoms with van der Waals surface area (Å²) in [6, 6.07) is 14.7. The van der Waals surface area contributed by atoms with Gasteiger partial charge in [0.2, 0.25) is 5.91 Å². The Morgan fingerprint density at radius 2 is 1.74 bits per heavy atom. The van der Waals surface area contributed by atoms with Crippen molar-refractivity contribution in [1.29, 1.82) is 0 Å². The summed E-state index contributed by atoms with van der Waals surface area (Å²) in [5.41, 5.74) is 1.28. The largest absolute Gasteiger partial charge is 0.333 e. The first-order valence-corrected chi connectivity index (χ1v) is 13.2. The fourth-order valence-electron chi connectivity index (χ4n) is 4.19. The summed E-state index contributed by atoms with van der Waals surface area (Å²) in [4.78, 5) is 33.9. The predicted molar refractivity (Wildman–Crippen MR) is 143 cm³/mol. The molecule has 0 radical (unpaired) electrons. The van der Waals surface area contributed by atoms with Gasteiger partial charge in [0.05, 0.1) is 22.6 Å². The van der Waals surface area contributed by atoms with Crippen LogP contribution in [0.25, 0.3) is 16.6 Å². The average Bonchev–Trinajstić information content (AvgIpc) is 2.82. The van der Waals surface area contributed by atoms with Crippen molar-refractivity contribution in [2.75, 3.05) is 6.54 Å². The molecule has 0 spiro atoms. The van der Waals surface area contributed by atoms with E-state index >= 15 is 0 Å². The Hall–Kier alpha value is -2.47. The van der Waals surface area contributed by atoms with E-state index in [1.165, 1.54) is 0 Å². The van der Waals surface area contributed by atoms with Gasteiger partial charge in [0.1, 0.15) is 5.82 Å². The fraction of sp³-hybridized carbons (Fsp3) is 0.464. The maximum atomic E-state index is 13.6. The molecule has 1 heterocycles. The summed E-state index contributed by atoms with van der Waals surface area (Å²) in [5.74, 6) is 1.20. The van der Waals surface area contributed by atoms with Crippen LogP contribution in [0, 0.1) is 5.92 Å². The molecule has 1 atom stereocenters. The van der Waals surface area contributed by atoms with Gasteiger partial charge in [-0.1, -0.05) is 68.1 Å². The van der Waals surface area contributed by atoms with Gasteiger partial charge >= 0.3 is 0 Å². The molecule has 1 amide bonds. The molecule has 0 saturated carbocycles. The highest BCUT2D eigenvalue weighted by atomic mass is 79.9. The molecule has 182 valence electrons. The number of carbonyl (C=O) groups excluding carboxylic acids is 1. The zero-order valence-corrected chi connectivity index (χ0v) is 22.3. The molecule has 0 bridgehead atoms. The third kappa shape index (κ3) is 6.35. The summed E-state index contributed by atoms with van der Waals surface area (Å²) in [7, 11) is 0. The first-order valence-electron chi connectivity index (χ1n) is 12.4. The Kier molecular flexibility index (Phi) is 9.45. The first kappa shape index (κ1) is 26.1. The van der Waals surface area contributed by atoms with Crippen molar-refractivity contribution in [3.05, 3.63) is 69.2 Å². The van der Waals surface area contributed by atoms with E-state index < -0.39 is 0 Å². The monoisotopic (exact) mass is 525 g/mol. The topological polar surface area (TPSA) is 55.2 Å². The third-order valence-corrected chi connectivity index (χ3v) is 6.77. The van der Waals surface area contributed by atoms with Crippen LogP contribution in [-0.4, -0.2) is 26.9 Å². The number of aromatic nitrogens is 2. The van der Waals surface area contributed by atoms with E-state index in [9.17, 15) is 9.59 Å². The van der Waals surface area contributed by atoms with Crippen LogP contribution in [0.4, 0.5) is 0 Å². The van der Waals surface area contributed by atoms with Gasteiger partial charge in [-0.05, 0) is 62.1 Å².